The Morgan fingerprint density at radius 3 is 2.70 bits per heavy atom. The summed E-state index contributed by atoms with van der Waals surface area (Å²) in [7, 11) is 0. The third-order valence-corrected chi connectivity index (χ3v) is 4.72. The maximum Gasteiger partial charge on any atom is 0.349 e. The summed E-state index contributed by atoms with van der Waals surface area (Å²) in [5.41, 5.74) is 1.94. The van der Waals surface area contributed by atoms with Crippen molar-refractivity contribution in [3.8, 4) is 0 Å². The van der Waals surface area contributed by atoms with Crippen molar-refractivity contribution < 1.29 is 14.0 Å². The lowest BCUT2D eigenvalue weighted by atomic mass is 10.1. The van der Waals surface area contributed by atoms with Gasteiger partial charge in [-0.25, -0.2) is 4.79 Å². The van der Waals surface area contributed by atoms with Crippen molar-refractivity contribution in [3.63, 3.8) is 0 Å². The van der Waals surface area contributed by atoms with Crippen molar-refractivity contribution in [2.75, 3.05) is 16.8 Å². The number of hydrogen-bond acceptors (Lipinski definition) is 4. The Morgan fingerprint density at radius 2 is 1.93 bits per heavy atom. The van der Waals surface area contributed by atoms with E-state index in [2.05, 4.69) is 5.32 Å². The molecule has 0 saturated carbocycles. The second-order valence-corrected chi connectivity index (χ2v) is 6.59. The average molecular weight is 362 g/mol. The summed E-state index contributed by atoms with van der Waals surface area (Å²) in [6.45, 7) is 2.59. The molecule has 1 aliphatic heterocycles. The molecule has 6 heteroatoms. The molecule has 2 heterocycles. The lowest BCUT2D eigenvalue weighted by Crippen LogP contribution is -2.25. The number of rotatable bonds is 3. The molecule has 0 radical (unpaired) electrons. The lowest BCUT2D eigenvalue weighted by Gasteiger charge is -2.19. The third-order valence-electron chi connectivity index (χ3n) is 4.72. The first-order chi connectivity index (χ1) is 13.0. The summed E-state index contributed by atoms with van der Waals surface area (Å²) >= 11 is 0. The molecule has 0 atom stereocenters. The van der Waals surface area contributed by atoms with Crippen molar-refractivity contribution in [1.29, 1.82) is 0 Å². The molecule has 1 aliphatic rings. The van der Waals surface area contributed by atoms with Crippen LogP contribution in [0.4, 0.5) is 11.4 Å². The molecule has 1 N–H and O–H groups in total. The van der Waals surface area contributed by atoms with Crippen LogP contribution in [-0.4, -0.2) is 18.4 Å². The highest BCUT2D eigenvalue weighted by atomic mass is 16.4. The Balaban J connectivity index is 1.64. The van der Waals surface area contributed by atoms with E-state index >= 15 is 0 Å². The van der Waals surface area contributed by atoms with E-state index in [9.17, 15) is 14.4 Å². The minimum Gasteiger partial charge on any atom is -0.422 e. The average Bonchev–Trinajstić information content (AvgIpc) is 3.08. The molecule has 136 valence electrons. The predicted octanol–water partition coefficient (Wildman–Crippen LogP) is 3.48. The van der Waals surface area contributed by atoms with Crippen LogP contribution in [0.1, 0.15) is 28.8 Å². The molecule has 1 saturated heterocycles. The van der Waals surface area contributed by atoms with Crippen LogP contribution in [0.15, 0.2) is 57.7 Å². The van der Waals surface area contributed by atoms with Gasteiger partial charge in [0.2, 0.25) is 5.91 Å². The Hall–Kier alpha value is -3.41. The third kappa shape index (κ3) is 3.21. The molecule has 1 fully saturated rings. The first-order valence-corrected chi connectivity index (χ1v) is 8.78. The van der Waals surface area contributed by atoms with Gasteiger partial charge in [0.05, 0.1) is 0 Å². The van der Waals surface area contributed by atoms with E-state index in [1.54, 1.807) is 35.2 Å². The Bertz CT molecular complexity index is 1120. The van der Waals surface area contributed by atoms with Crippen LogP contribution in [-0.2, 0) is 4.79 Å². The van der Waals surface area contributed by atoms with Gasteiger partial charge in [-0.3, -0.25) is 9.59 Å². The van der Waals surface area contributed by atoms with Gasteiger partial charge in [0.25, 0.3) is 5.91 Å². The highest BCUT2D eigenvalue weighted by Crippen LogP contribution is 2.28. The summed E-state index contributed by atoms with van der Waals surface area (Å²) in [6.07, 6.45) is 1.36. The van der Waals surface area contributed by atoms with Gasteiger partial charge in [-0.15, -0.1) is 0 Å². The number of anilines is 2. The molecule has 2 aromatic carbocycles. The Kier molecular flexibility index (Phi) is 4.24. The number of nitrogens with zero attached hydrogens (tertiary/aromatic N) is 1. The molecule has 3 aromatic rings. The Morgan fingerprint density at radius 1 is 1.11 bits per heavy atom. The van der Waals surface area contributed by atoms with Gasteiger partial charge in [-0.1, -0.05) is 24.3 Å². The first-order valence-electron chi connectivity index (χ1n) is 8.78. The van der Waals surface area contributed by atoms with E-state index in [0.29, 0.717) is 29.6 Å². The van der Waals surface area contributed by atoms with Crippen LogP contribution in [0.5, 0.6) is 0 Å². The minimum atomic E-state index is -0.687. The van der Waals surface area contributed by atoms with Crippen molar-refractivity contribution in [2.45, 2.75) is 19.8 Å². The molecule has 0 bridgehead atoms. The molecule has 1 aromatic heterocycles. The number of aryl methyl sites for hydroxylation is 1. The summed E-state index contributed by atoms with van der Waals surface area (Å²) in [6, 6.07) is 13.9. The zero-order valence-corrected chi connectivity index (χ0v) is 14.8. The van der Waals surface area contributed by atoms with E-state index in [-0.39, 0.29) is 11.5 Å². The van der Waals surface area contributed by atoms with Crippen LogP contribution in [0.3, 0.4) is 0 Å². The van der Waals surface area contributed by atoms with E-state index in [1.165, 1.54) is 6.07 Å². The number of para-hydroxylation sites is 1. The van der Waals surface area contributed by atoms with Gasteiger partial charge >= 0.3 is 5.63 Å². The highest BCUT2D eigenvalue weighted by molar-refractivity contribution is 6.06. The van der Waals surface area contributed by atoms with Crippen LogP contribution >= 0.6 is 0 Å². The van der Waals surface area contributed by atoms with E-state index in [4.69, 9.17) is 4.42 Å². The SMILES string of the molecule is Cc1ccc(NC(=O)c2cc3ccccc3oc2=O)cc1N1CCCC1=O. The lowest BCUT2D eigenvalue weighted by molar-refractivity contribution is -0.117. The van der Waals surface area contributed by atoms with Crippen molar-refractivity contribution in [1.82, 2.24) is 0 Å². The fourth-order valence-corrected chi connectivity index (χ4v) is 3.30. The molecule has 2 amide bonds. The number of hydrogen-bond donors (Lipinski definition) is 1. The summed E-state index contributed by atoms with van der Waals surface area (Å²) in [5.74, 6) is -0.464. The first kappa shape index (κ1) is 17.0. The second kappa shape index (κ2) is 6.72. The predicted molar refractivity (Wildman–Crippen MR) is 103 cm³/mol. The molecule has 0 aliphatic carbocycles. The Labute approximate surface area is 155 Å². The standard InChI is InChI=1S/C21H18N2O4/c1-13-8-9-15(12-17(13)23-10-4-7-19(23)24)22-20(25)16-11-14-5-2-3-6-18(14)27-21(16)26/h2-3,5-6,8-9,11-12H,4,7,10H2,1H3,(H,22,25). The van der Waals surface area contributed by atoms with Crippen LogP contribution in [0, 0.1) is 6.92 Å². The van der Waals surface area contributed by atoms with Crippen LogP contribution in [0.25, 0.3) is 11.0 Å². The number of carbonyl (C=O) groups is 2. The van der Waals surface area contributed by atoms with Crippen LogP contribution < -0.4 is 15.8 Å². The molecule has 27 heavy (non-hydrogen) atoms. The van der Waals surface area contributed by atoms with Crippen molar-refractivity contribution in [3.05, 3.63) is 70.1 Å². The molecule has 0 unspecified atom stereocenters. The van der Waals surface area contributed by atoms with Gasteiger partial charge in [0, 0.05) is 29.7 Å². The maximum absolute atomic E-state index is 12.6. The molecule has 4 rings (SSSR count). The molecule has 6 nitrogen and oxygen atoms in total. The summed E-state index contributed by atoms with van der Waals surface area (Å²) in [4.78, 5) is 38.5. The number of carbonyl (C=O) groups excluding carboxylic acids is 2. The van der Waals surface area contributed by atoms with Gasteiger partial charge in [0.1, 0.15) is 11.1 Å². The monoisotopic (exact) mass is 362 g/mol. The van der Waals surface area contributed by atoms with E-state index in [0.717, 1.165) is 17.7 Å². The number of benzene rings is 2. The molecular formula is C21H18N2O4. The van der Waals surface area contributed by atoms with Gasteiger partial charge < -0.3 is 14.6 Å². The van der Waals surface area contributed by atoms with E-state index in [1.807, 2.05) is 19.1 Å². The number of fused-ring (bicyclic) bond motifs is 1. The second-order valence-electron chi connectivity index (χ2n) is 6.59. The summed E-state index contributed by atoms with van der Waals surface area (Å²) in [5, 5.41) is 3.41. The number of amides is 2. The fraction of sp³-hybridized carbons (Fsp3) is 0.190. The van der Waals surface area contributed by atoms with Gasteiger partial charge in [-0.2, -0.15) is 0 Å². The summed E-state index contributed by atoms with van der Waals surface area (Å²) < 4.78 is 5.22. The quantitative estimate of drug-likeness (QED) is 0.724. The van der Waals surface area contributed by atoms with Gasteiger partial charge in [0.15, 0.2) is 0 Å². The maximum atomic E-state index is 12.6. The smallest absolute Gasteiger partial charge is 0.349 e. The number of nitrogens with one attached hydrogen (secondary N) is 1. The largest absolute Gasteiger partial charge is 0.422 e. The zero-order valence-electron chi connectivity index (χ0n) is 14.8. The van der Waals surface area contributed by atoms with Crippen molar-refractivity contribution >= 4 is 34.2 Å². The van der Waals surface area contributed by atoms with E-state index < -0.39 is 11.5 Å². The molecular weight excluding hydrogens is 344 g/mol. The van der Waals surface area contributed by atoms with Crippen LogP contribution in [0.2, 0.25) is 0 Å². The normalized spacial score (nSPS) is 14.0. The topological polar surface area (TPSA) is 79.6 Å². The molecule has 0 spiro atoms. The van der Waals surface area contributed by atoms with Crippen molar-refractivity contribution in [2.24, 2.45) is 0 Å². The zero-order chi connectivity index (χ0) is 19.0. The fourth-order valence-electron chi connectivity index (χ4n) is 3.30. The highest BCUT2D eigenvalue weighted by Gasteiger charge is 2.23. The minimum absolute atomic E-state index is 0.0620. The van der Waals surface area contributed by atoms with Gasteiger partial charge in [-0.05, 0) is 43.2 Å².